The quantitative estimate of drug-likeness (QED) is 0.194. The van der Waals surface area contributed by atoms with Gasteiger partial charge in [0.2, 0.25) is 5.89 Å². The van der Waals surface area contributed by atoms with Crippen molar-refractivity contribution in [2.45, 2.75) is 0 Å². The summed E-state index contributed by atoms with van der Waals surface area (Å²) in [6, 6.07) is 49.4. The van der Waals surface area contributed by atoms with Crippen molar-refractivity contribution in [1.82, 2.24) is 19.9 Å². The second-order valence-corrected chi connectivity index (χ2v) is 12.1. The van der Waals surface area contributed by atoms with Crippen molar-refractivity contribution in [3.63, 3.8) is 0 Å². The van der Waals surface area contributed by atoms with Crippen molar-refractivity contribution in [2.24, 2.45) is 0 Å². The van der Waals surface area contributed by atoms with Gasteiger partial charge in [-0.1, -0.05) is 121 Å². The number of aromatic nitrogens is 4. The van der Waals surface area contributed by atoms with Crippen LogP contribution in [0.15, 0.2) is 150 Å². The number of oxazole rings is 1. The molecule has 3 aromatic heterocycles. The molecule has 46 heavy (non-hydrogen) atoms. The zero-order valence-electron chi connectivity index (χ0n) is 24.5. The van der Waals surface area contributed by atoms with E-state index in [1.54, 1.807) is 11.3 Å². The standard InChI is InChI=1S/C40H24N4OS/c1-3-11-25(12-4-1)26-21-23-28(24-22-26)38-42-37(27-13-5-2-6-14-27)43-39(44-38)31-17-9-15-29-30-16-10-18-32(36(30)46-35(29)31)40-41-33-19-7-8-20-34(33)45-40/h1-24H. The molecule has 0 amide bonds. The summed E-state index contributed by atoms with van der Waals surface area (Å²) in [5.74, 6) is 2.52. The summed E-state index contributed by atoms with van der Waals surface area (Å²) >= 11 is 1.72. The van der Waals surface area contributed by atoms with Crippen LogP contribution in [0.3, 0.4) is 0 Å². The Hall–Kier alpha value is -5.98. The lowest BCUT2D eigenvalue weighted by Gasteiger charge is -2.09. The van der Waals surface area contributed by atoms with Crippen LogP contribution in [-0.2, 0) is 0 Å². The Morgan fingerprint density at radius 1 is 0.391 bits per heavy atom. The molecule has 216 valence electrons. The van der Waals surface area contributed by atoms with Gasteiger partial charge in [0, 0.05) is 36.9 Å². The van der Waals surface area contributed by atoms with Crippen LogP contribution in [0.5, 0.6) is 0 Å². The van der Waals surface area contributed by atoms with E-state index in [0.717, 1.165) is 59.1 Å². The molecule has 3 heterocycles. The third-order valence-electron chi connectivity index (χ3n) is 8.21. The summed E-state index contributed by atoms with van der Waals surface area (Å²) < 4.78 is 8.43. The Balaban J connectivity index is 1.22. The lowest BCUT2D eigenvalue weighted by molar-refractivity contribution is 0.621. The Morgan fingerprint density at radius 2 is 0.913 bits per heavy atom. The number of para-hydroxylation sites is 2. The van der Waals surface area contributed by atoms with Gasteiger partial charge in [-0.25, -0.2) is 19.9 Å². The zero-order valence-corrected chi connectivity index (χ0v) is 25.3. The molecule has 0 unspecified atom stereocenters. The first-order chi connectivity index (χ1) is 22.8. The lowest BCUT2D eigenvalue weighted by Crippen LogP contribution is -2.00. The average Bonchev–Trinajstić information content (AvgIpc) is 3.74. The van der Waals surface area contributed by atoms with Gasteiger partial charge in [-0.15, -0.1) is 11.3 Å². The van der Waals surface area contributed by atoms with Gasteiger partial charge in [0.25, 0.3) is 0 Å². The topological polar surface area (TPSA) is 64.7 Å². The molecule has 6 heteroatoms. The van der Waals surface area contributed by atoms with E-state index >= 15 is 0 Å². The molecule has 9 rings (SSSR count). The smallest absolute Gasteiger partial charge is 0.228 e. The van der Waals surface area contributed by atoms with E-state index in [-0.39, 0.29) is 0 Å². The van der Waals surface area contributed by atoms with Crippen molar-refractivity contribution >= 4 is 42.6 Å². The maximum absolute atomic E-state index is 6.20. The van der Waals surface area contributed by atoms with Gasteiger partial charge < -0.3 is 4.42 Å². The average molecular weight is 609 g/mol. The molecule has 0 aliphatic heterocycles. The van der Waals surface area contributed by atoms with Gasteiger partial charge in [0.1, 0.15) is 5.52 Å². The first kappa shape index (κ1) is 26.4. The highest BCUT2D eigenvalue weighted by molar-refractivity contribution is 7.26. The maximum Gasteiger partial charge on any atom is 0.228 e. The third kappa shape index (κ3) is 4.55. The monoisotopic (exact) mass is 608 g/mol. The Bertz CT molecular complexity index is 2490. The van der Waals surface area contributed by atoms with Crippen molar-refractivity contribution in [2.75, 3.05) is 0 Å². The highest BCUT2D eigenvalue weighted by Gasteiger charge is 2.19. The second kappa shape index (κ2) is 10.9. The minimum atomic E-state index is 0.618. The molecule has 0 N–H and O–H groups in total. The SMILES string of the molecule is c1ccc(-c2ccc(-c3nc(-c4ccccc4)nc(-c4cccc5c4sc4c(-c6nc7ccccc7o6)cccc45)n3)cc2)cc1. The van der Waals surface area contributed by atoms with E-state index in [9.17, 15) is 0 Å². The molecule has 0 radical (unpaired) electrons. The molecule has 9 aromatic rings. The van der Waals surface area contributed by atoms with Gasteiger partial charge in [-0.3, -0.25) is 0 Å². The minimum absolute atomic E-state index is 0.618. The van der Waals surface area contributed by atoms with E-state index in [1.807, 2.05) is 60.7 Å². The van der Waals surface area contributed by atoms with Gasteiger partial charge in [-0.05, 0) is 35.4 Å². The number of rotatable bonds is 5. The number of hydrogen-bond donors (Lipinski definition) is 0. The molecule has 0 aliphatic rings. The highest BCUT2D eigenvalue weighted by atomic mass is 32.1. The van der Waals surface area contributed by atoms with Crippen LogP contribution in [0.1, 0.15) is 0 Å². The predicted molar refractivity (Wildman–Crippen MR) is 187 cm³/mol. The predicted octanol–water partition coefficient (Wildman–Crippen LogP) is 10.7. The van der Waals surface area contributed by atoms with E-state index in [4.69, 9.17) is 24.4 Å². The molecule has 0 saturated carbocycles. The number of thiophene rings is 1. The summed E-state index contributed by atoms with van der Waals surface area (Å²) in [5, 5.41) is 2.29. The fourth-order valence-corrected chi connectivity index (χ4v) is 7.25. The lowest BCUT2D eigenvalue weighted by atomic mass is 10.0. The van der Waals surface area contributed by atoms with Crippen LogP contribution >= 0.6 is 11.3 Å². The van der Waals surface area contributed by atoms with E-state index < -0.39 is 0 Å². The molecule has 0 atom stereocenters. The number of nitrogens with zero attached hydrogens (tertiary/aromatic N) is 4. The summed E-state index contributed by atoms with van der Waals surface area (Å²) in [7, 11) is 0. The Morgan fingerprint density at radius 3 is 1.61 bits per heavy atom. The molecule has 5 nitrogen and oxygen atoms in total. The van der Waals surface area contributed by atoms with Crippen LogP contribution < -0.4 is 0 Å². The van der Waals surface area contributed by atoms with Crippen LogP contribution in [0.2, 0.25) is 0 Å². The molecule has 0 fully saturated rings. The first-order valence-electron chi connectivity index (χ1n) is 15.1. The summed E-state index contributed by atoms with van der Waals surface area (Å²) in [6.45, 7) is 0. The summed E-state index contributed by atoms with van der Waals surface area (Å²) in [6.07, 6.45) is 0. The van der Waals surface area contributed by atoms with Gasteiger partial charge in [-0.2, -0.15) is 0 Å². The maximum atomic E-state index is 6.20. The van der Waals surface area contributed by atoms with Gasteiger partial charge in [0.15, 0.2) is 23.1 Å². The zero-order chi connectivity index (χ0) is 30.5. The normalized spacial score (nSPS) is 11.5. The molecule has 0 bridgehead atoms. The largest absolute Gasteiger partial charge is 0.436 e. The molecule has 0 aliphatic carbocycles. The van der Waals surface area contributed by atoms with Crippen molar-refractivity contribution in [3.8, 4) is 56.7 Å². The van der Waals surface area contributed by atoms with Crippen molar-refractivity contribution in [1.29, 1.82) is 0 Å². The van der Waals surface area contributed by atoms with Crippen LogP contribution in [0.4, 0.5) is 0 Å². The van der Waals surface area contributed by atoms with Crippen molar-refractivity contribution in [3.05, 3.63) is 146 Å². The minimum Gasteiger partial charge on any atom is -0.436 e. The van der Waals surface area contributed by atoms with Gasteiger partial charge in [0.05, 0.1) is 5.56 Å². The fourth-order valence-electron chi connectivity index (χ4n) is 5.94. The molecule has 0 saturated heterocycles. The number of fused-ring (bicyclic) bond motifs is 4. The van der Waals surface area contributed by atoms with Crippen LogP contribution in [0.25, 0.3) is 88.0 Å². The third-order valence-corrected chi connectivity index (χ3v) is 9.50. The van der Waals surface area contributed by atoms with E-state index in [2.05, 4.69) is 84.9 Å². The summed E-state index contributed by atoms with van der Waals surface area (Å²) in [5.41, 5.74) is 7.75. The van der Waals surface area contributed by atoms with E-state index in [0.29, 0.717) is 23.4 Å². The van der Waals surface area contributed by atoms with Gasteiger partial charge >= 0.3 is 0 Å². The second-order valence-electron chi connectivity index (χ2n) is 11.1. The first-order valence-corrected chi connectivity index (χ1v) is 15.9. The molecular formula is C40H24N4OS. The van der Waals surface area contributed by atoms with Crippen LogP contribution in [0, 0.1) is 0 Å². The van der Waals surface area contributed by atoms with Crippen LogP contribution in [-0.4, -0.2) is 19.9 Å². The van der Waals surface area contributed by atoms with Crippen molar-refractivity contribution < 1.29 is 4.42 Å². The Kier molecular flexibility index (Phi) is 6.25. The summed E-state index contributed by atoms with van der Waals surface area (Å²) in [4.78, 5) is 19.9. The molecular weight excluding hydrogens is 585 g/mol. The molecule has 6 aromatic carbocycles. The number of benzene rings is 6. The van der Waals surface area contributed by atoms with E-state index in [1.165, 1.54) is 5.56 Å². The fraction of sp³-hybridized carbons (Fsp3) is 0. The highest BCUT2D eigenvalue weighted by Crippen LogP contribution is 2.43. The Labute approximate surface area is 268 Å². The number of hydrogen-bond acceptors (Lipinski definition) is 6. The molecule has 0 spiro atoms.